The van der Waals surface area contributed by atoms with Gasteiger partial charge in [-0.1, -0.05) is 32.9 Å². The Labute approximate surface area is 326 Å². The van der Waals surface area contributed by atoms with Crippen molar-refractivity contribution >= 4 is 56.3 Å². The molecule has 5 atom stereocenters. The highest BCUT2D eigenvalue weighted by atomic mass is 32.2. The number of benzene rings is 1. The number of rotatable bonds is 13. The molecule has 0 spiro atoms. The molecule has 1 aromatic carbocycles. The number of carbonyl (C=O) groups is 4. The molecular weight excluding hydrogens is 765 g/mol. The van der Waals surface area contributed by atoms with Crippen LogP contribution in [0.4, 0.5) is 0 Å². The van der Waals surface area contributed by atoms with E-state index in [2.05, 4.69) is 26.9 Å². The maximum absolute atomic E-state index is 14.7. The molecule has 1 aliphatic heterocycles. The van der Waals surface area contributed by atoms with Gasteiger partial charge in [0.2, 0.25) is 21.8 Å². The fraction of sp³-hybridized carbons (Fsp3) is 0.432. The molecule has 4 aromatic rings. The van der Waals surface area contributed by atoms with Gasteiger partial charge in [-0.05, 0) is 60.4 Å². The predicted octanol–water partition coefficient (Wildman–Crippen LogP) is 3.79. The Hall–Kier alpha value is -4.94. The molecule has 0 bridgehead atoms. The van der Waals surface area contributed by atoms with Crippen molar-refractivity contribution in [1.29, 1.82) is 0 Å². The lowest BCUT2D eigenvalue weighted by atomic mass is 9.85. The SMILES string of the molecule is C=C[C@@H]1C[C@@]1(NC(=O)[C@@H]1C[C@@H](n2nc(-c3ccc(OC)cc3)c(-c3nccs3)n2)CN1C(=O)[C@H](NC(=O)c1cccs1)C(C)(C)C)C(=O)NS(=O)(=O)C1CC1. The van der Waals surface area contributed by atoms with Crippen LogP contribution in [0, 0.1) is 11.3 Å². The molecule has 2 aliphatic carbocycles. The van der Waals surface area contributed by atoms with E-state index >= 15 is 0 Å². The van der Waals surface area contributed by atoms with Crippen LogP contribution in [0.3, 0.4) is 0 Å². The number of thiazole rings is 1. The van der Waals surface area contributed by atoms with Gasteiger partial charge in [-0.3, -0.25) is 23.9 Å². The molecule has 290 valence electrons. The number of hydrogen-bond donors (Lipinski definition) is 3. The van der Waals surface area contributed by atoms with Crippen LogP contribution in [-0.4, -0.2) is 93.5 Å². The Bertz CT molecular complexity index is 2210. The normalized spacial score (nSPS) is 22.8. The lowest BCUT2D eigenvalue weighted by molar-refractivity contribution is -0.142. The summed E-state index contributed by atoms with van der Waals surface area (Å²) in [5, 5.41) is 19.1. The summed E-state index contributed by atoms with van der Waals surface area (Å²) in [7, 11) is -2.33. The molecule has 3 N–H and O–H groups in total. The fourth-order valence-corrected chi connectivity index (χ4v) is 9.44. The first kappa shape index (κ1) is 38.3. The van der Waals surface area contributed by atoms with E-state index in [0.717, 1.165) is 5.56 Å². The van der Waals surface area contributed by atoms with Crippen molar-refractivity contribution < 1.29 is 32.3 Å². The Morgan fingerprint density at radius 3 is 2.36 bits per heavy atom. The van der Waals surface area contributed by atoms with E-state index < -0.39 is 73.9 Å². The summed E-state index contributed by atoms with van der Waals surface area (Å²) in [4.78, 5) is 63.9. The van der Waals surface area contributed by atoms with Gasteiger partial charge in [-0.15, -0.1) is 34.4 Å². The fourth-order valence-electron chi connectivity index (χ4n) is 6.83. The van der Waals surface area contributed by atoms with E-state index in [9.17, 15) is 27.6 Å². The quantitative estimate of drug-likeness (QED) is 0.167. The van der Waals surface area contributed by atoms with Gasteiger partial charge >= 0.3 is 0 Å². The average molecular weight is 807 g/mol. The molecule has 3 aromatic heterocycles. The topological polar surface area (TPSA) is 195 Å². The number of amides is 4. The Kier molecular flexibility index (Phi) is 10.2. The first-order chi connectivity index (χ1) is 26.1. The predicted molar refractivity (Wildman–Crippen MR) is 207 cm³/mol. The van der Waals surface area contributed by atoms with Crippen molar-refractivity contribution in [2.24, 2.45) is 11.3 Å². The van der Waals surface area contributed by atoms with Gasteiger partial charge in [0.1, 0.15) is 39.8 Å². The minimum atomic E-state index is -3.91. The summed E-state index contributed by atoms with van der Waals surface area (Å²) in [5.41, 5.74) is -0.539. The molecular formula is C37H42N8O7S3. The number of sulfonamides is 1. The number of ether oxygens (including phenoxy) is 1. The van der Waals surface area contributed by atoms with Gasteiger partial charge in [-0.2, -0.15) is 9.90 Å². The maximum Gasteiger partial charge on any atom is 0.262 e. The number of likely N-dealkylation sites (tertiary alicyclic amines) is 1. The van der Waals surface area contributed by atoms with E-state index in [1.165, 1.54) is 38.4 Å². The minimum Gasteiger partial charge on any atom is -0.497 e. The van der Waals surface area contributed by atoms with Crippen molar-refractivity contribution in [2.75, 3.05) is 13.7 Å². The number of methoxy groups -OCH3 is 1. The number of carbonyl (C=O) groups excluding carboxylic acids is 4. The molecule has 18 heteroatoms. The van der Waals surface area contributed by atoms with Crippen molar-refractivity contribution in [3.8, 4) is 27.7 Å². The number of nitrogens with one attached hydrogen (secondary N) is 3. The molecule has 0 radical (unpaired) electrons. The summed E-state index contributed by atoms with van der Waals surface area (Å²) in [6, 6.07) is 7.92. The van der Waals surface area contributed by atoms with E-state index in [4.69, 9.17) is 14.9 Å². The summed E-state index contributed by atoms with van der Waals surface area (Å²) in [6.45, 7) is 9.25. The summed E-state index contributed by atoms with van der Waals surface area (Å²) < 4.78 is 33.0. The second kappa shape index (κ2) is 14.6. The van der Waals surface area contributed by atoms with Crippen LogP contribution in [-0.2, 0) is 24.4 Å². The van der Waals surface area contributed by atoms with Crippen LogP contribution in [0.2, 0.25) is 0 Å². The van der Waals surface area contributed by atoms with Crippen molar-refractivity contribution in [1.82, 2.24) is 40.2 Å². The number of hydrogen-bond acceptors (Lipinski definition) is 12. The van der Waals surface area contributed by atoms with E-state index in [1.807, 2.05) is 50.4 Å². The monoisotopic (exact) mass is 806 g/mol. The number of aromatic nitrogens is 4. The van der Waals surface area contributed by atoms with E-state index in [0.29, 0.717) is 39.9 Å². The Morgan fingerprint density at radius 2 is 1.78 bits per heavy atom. The zero-order valence-electron chi connectivity index (χ0n) is 30.7. The number of thiophene rings is 1. The molecule has 0 unspecified atom stereocenters. The Morgan fingerprint density at radius 1 is 1.05 bits per heavy atom. The van der Waals surface area contributed by atoms with Gasteiger partial charge in [0.25, 0.3) is 11.8 Å². The van der Waals surface area contributed by atoms with Crippen LogP contribution in [0.5, 0.6) is 5.75 Å². The van der Waals surface area contributed by atoms with Gasteiger partial charge in [0.05, 0.1) is 23.3 Å². The molecule has 15 nitrogen and oxygen atoms in total. The van der Waals surface area contributed by atoms with E-state index in [1.54, 1.807) is 30.8 Å². The molecule has 4 heterocycles. The second-order valence-electron chi connectivity index (χ2n) is 15.1. The summed E-state index contributed by atoms with van der Waals surface area (Å²) in [5.74, 6) is -2.29. The number of nitrogens with zero attached hydrogens (tertiary/aromatic N) is 5. The van der Waals surface area contributed by atoms with Crippen LogP contribution in [0.1, 0.15) is 62.2 Å². The zero-order chi connectivity index (χ0) is 39.3. The maximum atomic E-state index is 14.7. The molecule has 2 saturated carbocycles. The van der Waals surface area contributed by atoms with Crippen molar-refractivity contribution in [2.45, 2.75) is 75.4 Å². The van der Waals surface area contributed by atoms with Crippen LogP contribution in [0.15, 0.2) is 66.0 Å². The van der Waals surface area contributed by atoms with Crippen LogP contribution < -0.4 is 20.1 Å². The van der Waals surface area contributed by atoms with Crippen LogP contribution in [0.25, 0.3) is 22.0 Å². The zero-order valence-corrected chi connectivity index (χ0v) is 33.2. The lowest BCUT2D eigenvalue weighted by Gasteiger charge is -2.35. The third-order valence-electron chi connectivity index (χ3n) is 10.2. The van der Waals surface area contributed by atoms with Gasteiger partial charge in [-0.25, -0.2) is 13.4 Å². The highest BCUT2D eigenvalue weighted by Gasteiger charge is 2.62. The molecule has 3 fully saturated rings. The smallest absolute Gasteiger partial charge is 0.262 e. The minimum absolute atomic E-state index is 0.00738. The Balaban J connectivity index is 1.23. The first-order valence-electron chi connectivity index (χ1n) is 17.8. The molecule has 4 amide bonds. The molecule has 7 rings (SSSR count). The van der Waals surface area contributed by atoms with Crippen molar-refractivity contribution in [3.05, 3.63) is 70.9 Å². The van der Waals surface area contributed by atoms with Gasteiger partial charge in [0.15, 0.2) is 0 Å². The first-order valence-corrected chi connectivity index (χ1v) is 21.1. The lowest BCUT2D eigenvalue weighted by Crippen LogP contribution is -2.60. The summed E-state index contributed by atoms with van der Waals surface area (Å²) >= 11 is 2.63. The average Bonchev–Trinajstić information content (AvgIpc) is 3.72. The molecule has 1 saturated heterocycles. The third kappa shape index (κ3) is 7.66. The highest BCUT2D eigenvalue weighted by molar-refractivity contribution is 7.91. The van der Waals surface area contributed by atoms with Crippen LogP contribution >= 0.6 is 22.7 Å². The molecule has 55 heavy (non-hydrogen) atoms. The van der Waals surface area contributed by atoms with Gasteiger partial charge in [0, 0.05) is 36.0 Å². The second-order valence-corrected chi connectivity index (χ2v) is 18.9. The molecule has 3 aliphatic rings. The third-order valence-corrected chi connectivity index (χ3v) is 13.7. The largest absolute Gasteiger partial charge is 0.497 e. The van der Waals surface area contributed by atoms with Crippen molar-refractivity contribution in [3.63, 3.8) is 0 Å². The highest BCUT2D eigenvalue weighted by Crippen LogP contribution is 2.46. The standard InChI is InChI=1S/C37H42N8O7S3/c1-6-22-19-37(22,35(49)43-55(50,51)25-13-14-25)40-31(46)26-18-23(20-44(26)34(48)30(36(2,3)4)39-32(47)27-8-7-16-53-27)45-41-28(21-9-11-24(52-5)12-10-21)29(42-45)33-38-15-17-54-33/h6-12,15-17,22-23,25-26,30H,1,13-14,18-20H2,2-5H3,(H,39,47)(H,40,46)(H,43,49)/t22-,23-,26+,30+,37+/m1/s1. The summed E-state index contributed by atoms with van der Waals surface area (Å²) in [6.07, 6.45) is 4.28. The van der Waals surface area contributed by atoms with Gasteiger partial charge < -0.3 is 20.3 Å². The van der Waals surface area contributed by atoms with E-state index in [-0.39, 0.29) is 19.4 Å².